The summed E-state index contributed by atoms with van der Waals surface area (Å²) < 4.78 is 5.67. The predicted molar refractivity (Wildman–Crippen MR) is 133 cm³/mol. The van der Waals surface area contributed by atoms with Crippen LogP contribution >= 0.6 is 0 Å². The van der Waals surface area contributed by atoms with Crippen LogP contribution in [0.15, 0.2) is 48.5 Å². The van der Waals surface area contributed by atoms with Crippen LogP contribution in [0.2, 0.25) is 0 Å². The Balaban J connectivity index is 1.34. The summed E-state index contributed by atoms with van der Waals surface area (Å²) in [5.41, 5.74) is 4.66. The third kappa shape index (κ3) is 5.84. The molecule has 2 aromatic carbocycles. The van der Waals surface area contributed by atoms with E-state index < -0.39 is 12.1 Å². The molecule has 0 aromatic heterocycles. The number of nitrogens with zero attached hydrogens (tertiary/aromatic N) is 1. The van der Waals surface area contributed by atoms with Gasteiger partial charge < -0.3 is 20.1 Å². The Hall–Kier alpha value is -3.35. The largest absolute Gasteiger partial charge is 0.481 e. The quantitative estimate of drug-likeness (QED) is 0.504. The molecule has 2 atom stereocenters. The van der Waals surface area contributed by atoms with E-state index in [0.29, 0.717) is 19.4 Å². The van der Waals surface area contributed by atoms with E-state index in [9.17, 15) is 14.4 Å². The molecule has 186 valence electrons. The van der Waals surface area contributed by atoms with Gasteiger partial charge in [0.05, 0.1) is 0 Å². The Morgan fingerprint density at radius 1 is 1.09 bits per heavy atom. The van der Waals surface area contributed by atoms with E-state index in [0.717, 1.165) is 30.4 Å². The fourth-order valence-corrected chi connectivity index (χ4v) is 5.46. The van der Waals surface area contributed by atoms with Crippen LogP contribution in [0, 0.1) is 0 Å². The van der Waals surface area contributed by atoms with Crippen LogP contribution in [0.1, 0.15) is 68.9 Å². The van der Waals surface area contributed by atoms with Crippen LogP contribution in [-0.2, 0) is 14.3 Å². The average Bonchev–Trinajstić information content (AvgIpc) is 3.44. The number of likely N-dealkylation sites (tertiary alicyclic amines) is 1. The normalized spacial score (nSPS) is 17.5. The molecule has 0 bridgehead atoms. The number of carboxylic acid groups (broad SMARTS) is 1. The van der Waals surface area contributed by atoms with Crippen molar-refractivity contribution < 1.29 is 24.2 Å². The van der Waals surface area contributed by atoms with Gasteiger partial charge in [-0.3, -0.25) is 9.59 Å². The van der Waals surface area contributed by atoms with Crippen LogP contribution in [0.5, 0.6) is 0 Å². The second kappa shape index (κ2) is 11.4. The van der Waals surface area contributed by atoms with Gasteiger partial charge in [0, 0.05) is 37.4 Å². The van der Waals surface area contributed by atoms with E-state index in [4.69, 9.17) is 9.84 Å². The van der Waals surface area contributed by atoms with Crippen molar-refractivity contribution in [3.63, 3.8) is 0 Å². The zero-order valence-corrected chi connectivity index (χ0v) is 20.2. The van der Waals surface area contributed by atoms with Gasteiger partial charge in [-0.15, -0.1) is 0 Å². The number of aliphatic carboxylic acids is 1. The molecule has 4 rings (SSSR count). The molecule has 7 heteroatoms. The Kier molecular flexibility index (Phi) is 8.06. The van der Waals surface area contributed by atoms with Crippen molar-refractivity contribution >= 4 is 18.0 Å². The molecule has 2 amide bonds. The lowest BCUT2D eigenvalue weighted by Gasteiger charge is -2.27. The molecule has 1 fully saturated rings. The summed E-state index contributed by atoms with van der Waals surface area (Å²) in [5, 5.41) is 11.9. The molecule has 1 aliphatic heterocycles. The van der Waals surface area contributed by atoms with Crippen LogP contribution in [0.25, 0.3) is 11.1 Å². The molecule has 0 radical (unpaired) electrons. The van der Waals surface area contributed by atoms with E-state index >= 15 is 0 Å². The van der Waals surface area contributed by atoms with Crippen LogP contribution < -0.4 is 5.32 Å². The first-order valence-corrected chi connectivity index (χ1v) is 12.6. The van der Waals surface area contributed by atoms with Gasteiger partial charge in [0.2, 0.25) is 5.91 Å². The maximum atomic E-state index is 13.0. The molecule has 0 saturated carbocycles. The third-order valence-electron chi connectivity index (χ3n) is 7.11. The minimum Gasteiger partial charge on any atom is -0.481 e. The van der Waals surface area contributed by atoms with Crippen LogP contribution in [-0.4, -0.2) is 53.2 Å². The first-order chi connectivity index (χ1) is 17.0. The number of carbonyl (C=O) groups is 3. The SMILES string of the molecule is CCCC(CC(=O)N1CCCC1CCC(=O)O)NC(=O)OCC1c2ccccc2-c2ccccc21. The molecule has 1 heterocycles. The summed E-state index contributed by atoms with van der Waals surface area (Å²) in [7, 11) is 0. The third-order valence-corrected chi connectivity index (χ3v) is 7.11. The monoisotopic (exact) mass is 478 g/mol. The molecule has 1 saturated heterocycles. The molecule has 2 unspecified atom stereocenters. The van der Waals surface area contributed by atoms with E-state index in [1.165, 1.54) is 11.1 Å². The number of hydrogen-bond acceptors (Lipinski definition) is 4. The zero-order valence-electron chi connectivity index (χ0n) is 20.2. The molecule has 1 aliphatic carbocycles. The standard InChI is InChI=1S/C28H34N2O5/c1-2-8-19(17-26(31)30-16-7-9-20(30)14-15-27(32)33)29-28(34)35-18-25-23-12-5-3-10-21(23)22-11-4-6-13-24(22)25/h3-6,10-13,19-20,25H,2,7-9,14-18H2,1H3,(H,29,34)(H,32,33). The minimum atomic E-state index is -0.843. The van der Waals surface area contributed by atoms with Gasteiger partial charge in [-0.1, -0.05) is 61.9 Å². The summed E-state index contributed by atoms with van der Waals surface area (Å²) in [4.78, 5) is 38.5. The van der Waals surface area contributed by atoms with Crippen molar-refractivity contribution in [2.24, 2.45) is 0 Å². The summed E-state index contributed by atoms with van der Waals surface area (Å²) in [6, 6.07) is 16.0. The number of hydrogen-bond donors (Lipinski definition) is 2. The first-order valence-electron chi connectivity index (χ1n) is 12.6. The van der Waals surface area contributed by atoms with Gasteiger partial charge in [0.1, 0.15) is 6.61 Å². The summed E-state index contributed by atoms with van der Waals surface area (Å²) >= 11 is 0. The Morgan fingerprint density at radius 2 is 1.74 bits per heavy atom. The lowest BCUT2D eigenvalue weighted by atomic mass is 9.98. The van der Waals surface area contributed by atoms with Crippen molar-refractivity contribution in [1.82, 2.24) is 10.2 Å². The number of fused-ring (bicyclic) bond motifs is 3. The second-order valence-corrected chi connectivity index (χ2v) is 9.48. The van der Waals surface area contributed by atoms with E-state index in [2.05, 4.69) is 29.6 Å². The van der Waals surface area contributed by atoms with E-state index in [1.54, 1.807) is 4.90 Å². The first kappa shape index (κ1) is 24.8. The van der Waals surface area contributed by atoms with Crippen molar-refractivity contribution in [3.05, 3.63) is 59.7 Å². The molecule has 2 aromatic rings. The Morgan fingerprint density at radius 3 is 2.37 bits per heavy atom. The van der Waals surface area contributed by atoms with Crippen LogP contribution in [0.4, 0.5) is 4.79 Å². The second-order valence-electron chi connectivity index (χ2n) is 9.48. The highest BCUT2D eigenvalue weighted by Crippen LogP contribution is 2.44. The molecule has 7 nitrogen and oxygen atoms in total. The highest BCUT2D eigenvalue weighted by Gasteiger charge is 2.32. The molecular formula is C28H34N2O5. The Bertz CT molecular complexity index is 1020. The average molecular weight is 479 g/mol. The highest BCUT2D eigenvalue weighted by molar-refractivity contribution is 5.80. The molecule has 35 heavy (non-hydrogen) atoms. The molecule has 2 N–H and O–H groups in total. The number of carbonyl (C=O) groups excluding carboxylic acids is 2. The molecular weight excluding hydrogens is 444 g/mol. The van der Waals surface area contributed by atoms with Crippen molar-refractivity contribution in [3.8, 4) is 11.1 Å². The minimum absolute atomic E-state index is 0.0148. The fourth-order valence-electron chi connectivity index (χ4n) is 5.46. The topological polar surface area (TPSA) is 95.9 Å². The van der Waals surface area contributed by atoms with E-state index in [1.807, 2.05) is 31.2 Å². The highest BCUT2D eigenvalue weighted by atomic mass is 16.5. The van der Waals surface area contributed by atoms with Crippen molar-refractivity contribution in [2.75, 3.05) is 13.2 Å². The Labute approximate surface area is 206 Å². The van der Waals surface area contributed by atoms with Gasteiger partial charge in [-0.2, -0.15) is 0 Å². The fraction of sp³-hybridized carbons (Fsp3) is 0.464. The maximum absolute atomic E-state index is 13.0. The van der Waals surface area contributed by atoms with Crippen molar-refractivity contribution in [2.45, 2.75) is 69.9 Å². The summed E-state index contributed by atoms with van der Waals surface area (Å²) in [5.74, 6) is -0.889. The number of benzene rings is 2. The molecule has 0 spiro atoms. The molecule has 2 aliphatic rings. The van der Waals surface area contributed by atoms with Gasteiger partial charge in [-0.05, 0) is 47.9 Å². The number of nitrogens with one attached hydrogen (secondary N) is 1. The lowest BCUT2D eigenvalue weighted by molar-refractivity contribution is -0.139. The number of carboxylic acids is 1. The number of amides is 2. The number of rotatable bonds is 10. The maximum Gasteiger partial charge on any atom is 0.407 e. The van der Waals surface area contributed by atoms with Gasteiger partial charge >= 0.3 is 12.1 Å². The predicted octanol–water partition coefficient (Wildman–Crippen LogP) is 4.94. The smallest absolute Gasteiger partial charge is 0.407 e. The van der Waals surface area contributed by atoms with Gasteiger partial charge in [0.15, 0.2) is 0 Å². The van der Waals surface area contributed by atoms with Gasteiger partial charge in [0.25, 0.3) is 0 Å². The summed E-state index contributed by atoms with van der Waals surface area (Å²) in [6.07, 6.45) is 3.42. The van der Waals surface area contributed by atoms with Gasteiger partial charge in [-0.25, -0.2) is 4.79 Å². The number of alkyl carbamates (subject to hydrolysis) is 1. The van der Waals surface area contributed by atoms with Crippen LogP contribution in [0.3, 0.4) is 0 Å². The van der Waals surface area contributed by atoms with Crippen molar-refractivity contribution in [1.29, 1.82) is 0 Å². The zero-order chi connectivity index (χ0) is 24.8. The lowest BCUT2D eigenvalue weighted by Crippen LogP contribution is -2.42. The number of ether oxygens (including phenoxy) is 1. The van der Waals surface area contributed by atoms with E-state index in [-0.39, 0.29) is 43.4 Å². The summed E-state index contributed by atoms with van der Waals surface area (Å²) in [6.45, 7) is 2.89.